The highest BCUT2D eigenvalue weighted by molar-refractivity contribution is 6.01. The van der Waals surface area contributed by atoms with Crippen molar-refractivity contribution in [3.05, 3.63) is 59.9 Å². The molecular formula is C17H17N3. The van der Waals surface area contributed by atoms with Crippen LogP contribution in [0.25, 0.3) is 10.8 Å². The Morgan fingerprint density at radius 3 is 2.45 bits per heavy atom. The number of nitrogens with zero attached hydrogens (tertiary/aromatic N) is 1. The van der Waals surface area contributed by atoms with Crippen LogP contribution in [0.1, 0.15) is 11.1 Å². The SMILES string of the molecule is Cc1cc(C)cc(Nc2ccc(N)c3ccncc23)c1. The van der Waals surface area contributed by atoms with Gasteiger partial charge in [-0.25, -0.2) is 0 Å². The molecular weight excluding hydrogens is 246 g/mol. The van der Waals surface area contributed by atoms with E-state index in [0.717, 1.165) is 27.8 Å². The van der Waals surface area contributed by atoms with Crippen LogP contribution in [-0.2, 0) is 0 Å². The van der Waals surface area contributed by atoms with Gasteiger partial charge in [-0.1, -0.05) is 6.07 Å². The molecule has 3 rings (SSSR count). The Labute approximate surface area is 118 Å². The third-order valence-electron chi connectivity index (χ3n) is 3.35. The van der Waals surface area contributed by atoms with Gasteiger partial charge in [-0.3, -0.25) is 4.98 Å². The molecule has 0 unspecified atom stereocenters. The van der Waals surface area contributed by atoms with Crippen LogP contribution >= 0.6 is 0 Å². The van der Waals surface area contributed by atoms with Crippen LogP contribution in [0.2, 0.25) is 0 Å². The molecule has 1 heterocycles. The molecule has 0 amide bonds. The third-order valence-corrected chi connectivity index (χ3v) is 3.35. The number of aromatic nitrogens is 1. The van der Waals surface area contributed by atoms with Gasteiger partial charge in [0, 0.05) is 40.2 Å². The Morgan fingerprint density at radius 1 is 0.950 bits per heavy atom. The molecule has 0 aliphatic carbocycles. The summed E-state index contributed by atoms with van der Waals surface area (Å²) in [6.45, 7) is 4.20. The van der Waals surface area contributed by atoms with Crippen molar-refractivity contribution in [3.63, 3.8) is 0 Å². The normalized spacial score (nSPS) is 10.7. The van der Waals surface area contributed by atoms with Gasteiger partial charge in [-0.15, -0.1) is 0 Å². The van der Waals surface area contributed by atoms with Crippen molar-refractivity contribution < 1.29 is 0 Å². The Hall–Kier alpha value is -2.55. The lowest BCUT2D eigenvalue weighted by Crippen LogP contribution is -1.95. The first kappa shape index (κ1) is 12.5. The number of benzene rings is 2. The first-order valence-electron chi connectivity index (χ1n) is 6.61. The van der Waals surface area contributed by atoms with Crippen LogP contribution in [0.4, 0.5) is 17.1 Å². The summed E-state index contributed by atoms with van der Waals surface area (Å²) >= 11 is 0. The van der Waals surface area contributed by atoms with Crippen molar-refractivity contribution in [3.8, 4) is 0 Å². The van der Waals surface area contributed by atoms with Gasteiger partial charge in [0.1, 0.15) is 0 Å². The molecule has 3 aromatic rings. The highest BCUT2D eigenvalue weighted by Crippen LogP contribution is 2.30. The van der Waals surface area contributed by atoms with Crippen molar-refractivity contribution in [1.29, 1.82) is 0 Å². The molecule has 0 aliphatic heterocycles. The largest absolute Gasteiger partial charge is 0.398 e. The second-order valence-corrected chi connectivity index (χ2v) is 5.12. The number of fused-ring (bicyclic) bond motifs is 1. The van der Waals surface area contributed by atoms with E-state index in [1.807, 2.05) is 24.4 Å². The molecule has 0 spiro atoms. The minimum Gasteiger partial charge on any atom is -0.398 e. The van der Waals surface area contributed by atoms with Crippen LogP contribution in [0, 0.1) is 13.8 Å². The summed E-state index contributed by atoms with van der Waals surface area (Å²) in [6, 6.07) is 12.3. The van der Waals surface area contributed by atoms with Gasteiger partial charge in [0.05, 0.1) is 0 Å². The second-order valence-electron chi connectivity index (χ2n) is 5.12. The van der Waals surface area contributed by atoms with E-state index in [4.69, 9.17) is 5.73 Å². The van der Waals surface area contributed by atoms with Gasteiger partial charge in [0.15, 0.2) is 0 Å². The van der Waals surface area contributed by atoms with E-state index in [1.54, 1.807) is 6.20 Å². The number of hydrogen-bond acceptors (Lipinski definition) is 3. The summed E-state index contributed by atoms with van der Waals surface area (Å²) in [7, 11) is 0. The number of anilines is 3. The molecule has 0 atom stereocenters. The molecule has 3 heteroatoms. The maximum atomic E-state index is 6.01. The Bertz CT molecular complexity index is 758. The highest BCUT2D eigenvalue weighted by Gasteiger charge is 2.05. The van der Waals surface area contributed by atoms with Gasteiger partial charge in [0.25, 0.3) is 0 Å². The molecule has 3 nitrogen and oxygen atoms in total. The maximum Gasteiger partial charge on any atom is 0.0481 e. The zero-order valence-electron chi connectivity index (χ0n) is 11.6. The second kappa shape index (κ2) is 4.85. The molecule has 3 N–H and O–H groups in total. The summed E-state index contributed by atoms with van der Waals surface area (Å²) < 4.78 is 0. The molecule has 100 valence electrons. The summed E-state index contributed by atoms with van der Waals surface area (Å²) in [6.07, 6.45) is 3.61. The van der Waals surface area contributed by atoms with Crippen LogP contribution in [-0.4, -0.2) is 4.98 Å². The van der Waals surface area contributed by atoms with Crippen molar-refractivity contribution in [2.45, 2.75) is 13.8 Å². The minimum absolute atomic E-state index is 0.772. The Kier molecular flexibility index (Phi) is 3.03. The van der Waals surface area contributed by atoms with Gasteiger partial charge in [0.2, 0.25) is 0 Å². The molecule has 0 saturated heterocycles. The molecule has 20 heavy (non-hydrogen) atoms. The highest BCUT2D eigenvalue weighted by atomic mass is 14.9. The average Bonchev–Trinajstić information content (AvgIpc) is 2.41. The molecule has 0 aliphatic rings. The summed E-state index contributed by atoms with van der Waals surface area (Å²) in [5.41, 5.74) is 11.4. The fourth-order valence-corrected chi connectivity index (χ4v) is 2.52. The number of nitrogens with one attached hydrogen (secondary N) is 1. The van der Waals surface area contributed by atoms with E-state index >= 15 is 0 Å². The van der Waals surface area contributed by atoms with E-state index < -0.39 is 0 Å². The van der Waals surface area contributed by atoms with Crippen molar-refractivity contribution in [2.75, 3.05) is 11.1 Å². The Balaban J connectivity index is 2.09. The third kappa shape index (κ3) is 2.30. The lowest BCUT2D eigenvalue weighted by atomic mass is 10.1. The number of pyridine rings is 1. The summed E-state index contributed by atoms with van der Waals surface area (Å²) in [4.78, 5) is 4.20. The zero-order valence-corrected chi connectivity index (χ0v) is 11.6. The first-order valence-corrected chi connectivity index (χ1v) is 6.61. The van der Waals surface area contributed by atoms with E-state index in [0.29, 0.717) is 0 Å². The number of hydrogen-bond donors (Lipinski definition) is 2. The van der Waals surface area contributed by atoms with Crippen LogP contribution in [0.15, 0.2) is 48.8 Å². The van der Waals surface area contributed by atoms with E-state index in [-0.39, 0.29) is 0 Å². The molecule has 0 bridgehead atoms. The predicted octanol–water partition coefficient (Wildman–Crippen LogP) is 4.18. The summed E-state index contributed by atoms with van der Waals surface area (Å²) in [5.74, 6) is 0. The van der Waals surface area contributed by atoms with Gasteiger partial charge in [-0.05, 0) is 55.3 Å². The zero-order chi connectivity index (χ0) is 14.1. The quantitative estimate of drug-likeness (QED) is 0.682. The van der Waals surface area contributed by atoms with Crippen LogP contribution in [0.3, 0.4) is 0 Å². The molecule has 2 aromatic carbocycles. The topological polar surface area (TPSA) is 50.9 Å². The van der Waals surface area contributed by atoms with Crippen molar-refractivity contribution in [2.24, 2.45) is 0 Å². The predicted molar refractivity (Wildman–Crippen MR) is 85.4 cm³/mol. The standard InChI is InChI=1S/C17H17N3/c1-11-7-12(2)9-13(8-11)20-17-4-3-16(18)14-5-6-19-10-15(14)17/h3-10,20H,18H2,1-2H3. The Morgan fingerprint density at radius 2 is 1.70 bits per heavy atom. The van der Waals surface area contributed by atoms with Crippen LogP contribution in [0.5, 0.6) is 0 Å². The lowest BCUT2D eigenvalue weighted by molar-refractivity contribution is 1.36. The van der Waals surface area contributed by atoms with E-state index in [1.165, 1.54) is 11.1 Å². The molecule has 0 saturated carbocycles. The average molecular weight is 263 g/mol. The number of nitrogens with two attached hydrogens (primary N) is 1. The first-order chi connectivity index (χ1) is 9.63. The van der Waals surface area contributed by atoms with Gasteiger partial charge < -0.3 is 11.1 Å². The van der Waals surface area contributed by atoms with E-state index in [9.17, 15) is 0 Å². The summed E-state index contributed by atoms with van der Waals surface area (Å²) in [5, 5.41) is 5.52. The van der Waals surface area contributed by atoms with Crippen LogP contribution < -0.4 is 11.1 Å². The number of nitrogen functional groups attached to an aromatic ring is 1. The van der Waals surface area contributed by atoms with Gasteiger partial charge in [-0.2, -0.15) is 0 Å². The maximum absolute atomic E-state index is 6.01. The fourth-order valence-electron chi connectivity index (χ4n) is 2.52. The lowest BCUT2D eigenvalue weighted by Gasteiger charge is -2.12. The van der Waals surface area contributed by atoms with Gasteiger partial charge >= 0.3 is 0 Å². The smallest absolute Gasteiger partial charge is 0.0481 e. The molecule has 0 radical (unpaired) electrons. The van der Waals surface area contributed by atoms with E-state index in [2.05, 4.69) is 42.3 Å². The number of aryl methyl sites for hydroxylation is 2. The van der Waals surface area contributed by atoms with Crippen molar-refractivity contribution >= 4 is 27.8 Å². The molecule has 0 fully saturated rings. The number of rotatable bonds is 2. The minimum atomic E-state index is 0.772. The fraction of sp³-hybridized carbons (Fsp3) is 0.118. The van der Waals surface area contributed by atoms with Crippen molar-refractivity contribution in [1.82, 2.24) is 4.98 Å². The monoisotopic (exact) mass is 263 g/mol. The molecule has 1 aromatic heterocycles.